The van der Waals surface area contributed by atoms with Gasteiger partial charge in [0.2, 0.25) is 0 Å². The van der Waals surface area contributed by atoms with Crippen LogP contribution in [0, 0.1) is 13.8 Å². The first-order valence-electron chi connectivity index (χ1n) is 7.30. The number of hydrogen-bond donors (Lipinski definition) is 0. The third-order valence-electron chi connectivity index (χ3n) is 4.07. The van der Waals surface area contributed by atoms with Gasteiger partial charge in [0, 0.05) is 31.1 Å². The van der Waals surface area contributed by atoms with Gasteiger partial charge in [-0.2, -0.15) is 0 Å². The number of aryl methyl sites for hydroxylation is 2. The Balaban J connectivity index is 2.03. The first-order valence-corrected chi connectivity index (χ1v) is 7.30. The van der Waals surface area contributed by atoms with Gasteiger partial charge in [0.15, 0.2) is 0 Å². The molecule has 5 nitrogen and oxygen atoms in total. The summed E-state index contributed by atoms with van der Waals surface area (Å²) in [6, 6.07) is 3.81. The van der Waals surface area contributed by atoms with Gasteiger partial charge in [0.25, 0.3) is 5.56 Å². The molecule has 1 aromatic carbocycles. The van der Waals surface area contributed by atoms with Gasteiger partial charge < -0.3 is 0 Å². The summed E-state index contributed by atoms with van der Waals surface area (Å²) in [5.74, 6) is 0. The van der Waals surface area contributed by atoms with E-state index in [2.05, 4.69) is 15.0 Å². The molecule has 3 aromatic rings. The van der Waals surface area contributed by atoms with Crippen LogP contribution in [0.3, 0.4) is 0 Å². The van der Waals surface area contributed by atoms with Crippen LogP contribution in [-0.2, 0) is 6.42 Å². The summed E-state index contributed by atoms with van der Waals surface area (Å²) in [4.78, 5) is 25.5. The molecule has 0 radical (unpaired) electrons. The van der Waals surface area contributed by atoms with Crippen LogP contribution >= 0.6 is 0 Å². The van der Waals surface area contributed by atoms with Gasteiger partial charge in [-0.25, -0.2) is 4.98 Å². The molecule has 0 spiro atoms. The molecule has 2 aromatic heterocycles. The minimum Gasteiger partial charge on any atom is -0.295 e. The van der Waals surface area contributed by atoms with Gasteiger partial charge in [0.1, 0.15) is 0 Å². The summed E-state index contributed by atoms with van der Waals surface area (Å²) >= 11 is 0. The average Bonchev–Trinajstić information content (AvgIpc) is 2.52. The van der Waals surface area contributed by atoms with E-state index in [0.29, 0.717) is 11.8 Å². The predicted octanol–water partition coefficient (Wildman–Crippen LogP) is 2.61. The van der Waals surface area contributed by atoms with Gasteiger partial charge in [-0.05, 0) is 38.0 Å². The van der Waals surface area contributed by atoms with E-state index in [0.717, 1.165) is 22.3 Å². The van der Waals surface area contributed by atoms with Crippen LogP contribution in [0.2, 0.25) is 0 Å². The average molecular weight is 294 g/mol. The molecule has 2 heterocycles. The van der Waals surface area contributed by atoms with Gasteiger partial charge in [0.05, 0.1) is 22.9 Å². The van der Waals surface area contributed by atoms with Crippen LogP contribution in [0.15, 0.2) is 41.8 Å². The fourth-order valence-corrected chi connectivity index (χ4v) is 2.60. The maximum atomic E-state index is 12.7. The molecule has 5 heteroatoms. The minimum absolute atomic E-state index is 0.00973. The van der Waals surface area contributed by atoms with Crippen LogP contribution in [0.25, 0.3) is 10.9 Å². The Morgan fingerprint density at radius 1 is 1.18 bits per heavy atom. The van der Waals surface area contributed by atoms with Crippen LogP contribution in [0.5, 0.6) is 0 Å². The Morgan fingerprint density at radius 2 is 2.00 bits per heavy atom. The van der Waals surface area contributed by atoms with Crippen LogP contribution in [0.4, 0.5) is 0 Å². The van der Waals surface area contributed by atoms with E-state index in [9.17, 15) is 4.79 Å². The molecule has 22 heavy (non-hydrogen) atoms. The van der Waals surface area contributed by atoms with Crippen molar-refractivity contribution in [2.24, 2.45) is 0 Å². The number of aromatic nitrogens is 4. The van der Waals surface area contributed by atoms with Gasteiger partial charge in [-0.15, -0.1) is 0 Å². The Morgan fingerprint density at radius 3 is 2.73 bits per heavy atom. The third-order valence-corrected chi connectivity index (χ3v) is 4.07. The second kappa shape index (κ2) is 5.67. The molecule has 1 atom stereocenters. The summed E-state index contributed by atoms with van der Waals surface area (Å²) in [6.07, 6.45) is 7.31. The van der Waals surface area contributed by atoms with Gasteiger partial charge in [-0.3, -0.25) is 19.3 Å². The quantitative estimate of drug-likeness (QED) is 0.745. The number of fused-ring (bicyclic) bond motifs is 1. The maximum absolute atomic E-state index is 12.7. The Kier molecular flexibility index (Phi) is 3.71. The molecule has 0 amide bonds. The largest absolute Gasteiger partial charge is 0.295 e. The van der Waals surface area contributed by atoms with E-state index in [1.54, 1.807) is 29.5 Å². The summed E-state index contributed by atoms with van der Waals surface area (Å²) in [5, 5.41) is 0.664. The van der Waals surface area contributed by atoms with E-state index < -0.39 is 0 Å². The zero-order valence-corrected chi connectivity index (χ0v) is 12.9. The number of benzene rings is 1. The predicted molar refractivity (Wildman–Crippen MR) is 85.9 cm³/mol. The second-order valence-electron chi connectivity index (χ2n) is 5.61. The smallest absolute Gasteiger partial charge is 0.261 e. The SMILES string of the molecule is Cc1ccc2c(=O)n(C(C)Cc3cnccn3)cnc2c1C. The molecular formula is C17H18N4O. The zero-order valence-electron chi connectivity index (χ0n) is 12.9. The van der Waals surface area contributed by atoms with E-state index >= 15 is 0 Å². The first kappa shape index (κ1) is 14.4. The number of hydrogen-bond acceptors (Lipinski definition) is 4. The van der Waals surface area contributed by atoms with Gasteiger partial charge >= 0.3 is 0 Å². The topological polar surface area (TPSA) is 60.7 Å². The highest BCUT2D eigenvalue weighted by atomic mass is 16.1. The number of nitrogens with zero attached hydrogens (tertiary/aromatic N) is 4. The maximum Gasteiger partial charge on any atom is 0.261 e. The fourth-order valence-electron chi connectivity index (χ4n) is 2.60. The Hall–Kier alpha value is -2.56. The molecule has 0 saturated carbocycles. The van der Waals surface area contributed by atoms with Crippen molar-refractivity contribution < 1.29 is 0 Å². The first-order chi connectivity index (χ1) is 10.6. The molecule has 0 fully saturated rings. The summed E-state index contributed by atoms with van der Waals surface area (Å²) < 4.78 is 1.67. The highest BCUT2D eigenvalue weighted by Crippen LogP contribution is 2.17. The normalized spacial score (nSPS) is 12.5. The minimum atomic E-state index is -0.0253. The van der Waals surface area contributed by atoms with E-state index in [4.69, 9.17) is 0 Å². The highest BCUT2D eigenvalue weighted by Gasteiger charge is 2.13. The van der Waals surface area contributed by atoms with E-state index in [1.807, 2.05) is 32.9 Å². The number of rotatable bonds is 3. The van der Waals surface area contributed by atoms with Crippen molar-refractivity contribution in [3.05, 3.63) is 64.2 Å². The van der Waals surface area contributed by atoms with Crippen molar-refractivity contribution in [2.75, 3.05) is 0 Å². The highest BCUT2D eigenvalue weighted by molar-refractivity contribution is 5.81. The van der Waals surface area contributed by atoms with Crippen LogP contribution < -0.4 is 5.56 Å². The van der Waals surface area contributed by atoms with Crippen molar-refractivity contribution >= 4 is 10.9 Å². The third kappa shape index (κ3) is 2.50. The molecule has 3 rings (SSSR count). The lowest BCUT2D eigenvalue weighted by molar-refractivity contribution is 0.517. The molecule has 112 valence electrons. The molecule has 0 aliphatic rings. The monoisotopic (exact) mass is 294 g/mol. The lowest BCUT2D eigenvalue weighted by Crippen LogP contribution is -2.25. The van der Waals surface area contributed by atoms with Crippen LogP contribution in [0.1, 0.15) is 29.8 Å². The second-order valence-corrected chi connectivity index (χ2v) is 5.61. The lowest BCUT2D eigenvalue weighted by Gasteiger charge is -2.15. The molecule has 1 unspecified atom stereocenters. The van der Waals surface area contributed by atoms with Crippen molar-refractivity contribution in [2.45, 2.75) is 33.2 Å². The molecule has 0 bridgehead atoms. The van der Waals surface area contributed by atoms with E-state index in [1.165, 1.54) is 0 Å². The molecule has 0 aliphatic heterocycles. The zero-order chi connectivity index (χ0) is 15.7. The standard InChI is InChI=1S/C17H18N4O/c1-11-4-5-15-16(13(11)3)20-10-21(17(15)22)12(2)8-14-9-18-6-7-19-14/h4-7,9-10,12H,8H2,1-3H3. The van der Waals surface area contributed by atoms with E-state index in [-0.39, 0.29) is 11.6 Å². The van der Waals surface area contributed by atoms with Crippen molar-refractivity contribution in [1.29, 1.82) is 0 Å². The van der Waals surface area contributed by atoms with Crippen molar-refractivity contribution in [3.8, 4) is 0 Å². The summed E-state index contributed by atoms with van der Waals surface area (Å²) in [5.41, 5.74) is 3.84. The van der Waals surface area contributed by atoms with Gasteiger partial charge in [-0.1, -0.05) is 6.07 Å². The lowest BCUT2D eigenvalue weighted by atomic mass is 10.1. The van der Waals surface area contributed by atoms with Crippen molar-refractivity contribution in [1.82, 2.24) is 19.5 Å². The Bertz CT molecular complexity index is 871. The summed E-state index contributed by atoms with van der Waals surface area (Å²) in [7, 11) is 0. The van der Waals surface area contributed by atoms with Crippen molar-refractivity contribution in [3.63, 3.8) is 0 Å². The molecule has 0 N–H and O–H groups in total. The molecular weight excluding hydrogens is 276 g/mol. The fraction of sp³-hybridized carbons (Fsp3) is 0.294. The Labute approximate surface area is 128 Å². The molecule has 0 aliphatic carbocycles. The summed E-state index contributed by atoms with van der Waals surface area (Å²) in [6.45, 7) is 6.01. The van der Waals surface area contributed by atoms with Crippen LogP contribution in [-0.4, -0.2) is 19.5 Å². The molecule has 0 saturated heterocycles.